The molecule has 0 aliphatic heterocycles. The number of nitrogens with one attached hydrogen (secondary N) is 1. The Morgan fingerprint density at radius 3 is 2.29 bits per heavy atom. The third kappa shape index (κ3) is 4.30. The van der Waals surface area contributed by atoms with Crippen LogP contribution in [0.1, 0.15) is 53.4 Å². The molecule has 1 saturated carbocycles. The van der Waals surface area contributed by atoms with Crippen LogP contribution in [0.3, 0.4) is 0 Å². The van der Waals surface area contributed by atoms with Gasteiger partial charge in [-0.3, -0.25) is 4.79 Å². The second-order valence-electron chi connectivity index (χ2n) is 6.12. The Morgan fingerprint density at radius 2 is 1.88 bits per heavy atom. The maximum atomic E-state index is 10.9. The predicted molar refractivity (Wildman–Crippen MR) is 69.6 cm³/mol. The predicted octanol–water partition coefficient (Wildman–Crippen LogP) is 2.34. The summed E-state index contributed by atoms with van der Waals surface area (Å²) in [6.07, 6.45) is 4.57. The fourth-order valence-electron chi connectivity index (χ4n) is 2.86. The van der Waals surface area contributed by atoms with Gasteiger partial charge in [-0.25, -0.2) is 0 Å². The van der Waals surface area contributed by atoms with E-state index in [1.807, 2.05) is 6.92 Å². The Morgan fingerprint density at radius 1 is 1.35 bits per heavy atom. The van der Waals surface area contributed by atoms with Crippen molar-refractivity contribution in [3.63, 3.8) is 0 Å². The van der Waals surface area contributed by atoms with Crippen molar-refractivity contribution < 1.29 is 9.90 Å². The van der Waals surface area contributed by atoms with Crippen LogP contribution in [-0.4, -0.2) is 23.2 Å². The number of carbonyl (C=O) groups is 1. The molecule has 0 aromatic carbocycles. The van der Waals surface area contributed by atoms with E-state index in [2.05, 4.69) is 19.2 Å². The molecular formula is C14H27NO2. The Balaban J connectivity index is 2.43. The van der Waals surface area contributed by atoms with Gasteiger partial charge >= 0.3 is 0 Å². The average molecular weight is 241 g/mol. The van der Waals surface area contributed by atoms with Gasteiger partial charge in [0.25, 0.3) is 0 Å². The summed E-state index contributed by atoms with van der Waals surface area (Å²) in [4.78, 5) is 10.9. The minimum absolute atomic E-state index is 0.0684. The molecule has 0 spiro atoms. The maximum Gasteiger partial charge on any atom is 0.216 e. The van der Waals surface area contributed by atoms with Crippen LogP contribution in [0.5, 0.6) is 0 Å². The topological polar surface area (TPSA) is 49.3 Å². The van der Waals surface area contributed by atoms with Crippen LogP contribution in [0.2, 0.25) is 0 Å². The largest absolute Gasteiger partial charge is 0.388 e. The number of hydrogen-bond donors (Lipinski definition) is 2. The van der Waals surface area contributed by atoms with Gasteiger partial charge in [0, 0.05) is 13.5 Å². The summed E-state index contributed by atoms with van der Waals surface area (Å²) >= 11 is 0. The lowest BCUT2D eigenvalue weighted by atomic mass is 9.71. The van der Waals surface area contributed by atoms with Crippen LogP contribution in [-0.2, 0) is 4.79 Å². The fraction of sp³-hybridized carbons (Fsp3) is 0.929. The SMILES string of the molecule is CC(=O)NCC(C)(O)C1CCC(C(C)C)CC1. The molecule has 1 amide bonds. The number of amides is 1. The van der Waals surface area contributed by atoms with Crippen molar-refractivity contribution in [3.8, 4) is 0 Å². The molecule has 0 saturated heterocycles. The average Bonchev–Trinajstić information content (AvgIpc) is 2.27. The molecule has 1 fully saturated rings. The van der Waals surface area contributed by atoms with E-state index in [9.17, 15) is 9.90 Å². The van der Waals surface area contributed by atoms with Gasteiger partial charge in [-0.2, -0.15) is 0 Å². The lowest BCUT2D eigenvalue weighted by molar-refractivity contribution is -0.121. The summed E-state index contributed by atoms with van der Waals surface area (Å²) in [5.41, 5.74) is -0.756. The van der Waals surface area contributed by atoms with Crippen LogP contribution in [0.4, 0.5) is 0 Å². The molecule has 0 aromatic heterocycles. The Labute approximate surface area is 105 Å². The van der Waals surface area contributed by atoms with Crippen LogP contribution in [0, 0.1) is 17.8 Å². The molecule has 0 radical (unpaired) electrons. The van der Waals surface area contributed by atoms with Gasteiger partial charge in [0.05, 0.1) is 5.60 Å². The molecule has 0 bridgehead atoms. The first kappa shape index (κ1) is 14.5. The molecule has 3 nitrogen and oxygen atoms in total. The molecule has 1 aliphatic rings. The van der Waals surface area contributed by atoms with E-state index in [4.69, 9.17) is 0 Å². The highest BCUT2D eigenvalue weighted by Gasteiger charge is 2.35. The molecule has 2 N–H and O–H groups in total. The minimum atomic E-state index is -0.756. The molecule has 100 valence electrons. The van der Waals surface area contributed by atoms with Crippen LogP contribution >= 0.6 is 0 Å². The fourth-order valence-corrected chi connectivity index (χ4v) is 2.86. The molecule has 1 unspecified atom stereocenters. The minimum Gasteiger partial charge on any atom is -0.388 e. The third-order valence-electron chi connectivity index (χ3n) is 4.29. The van der Waals surface area contributed by atoms with Crippen LogP contribution < -0.4 is 5.32 Å². The zero-order valence-electron chi connectivity index (χ0n) is 11.6. The summed E-state index contributed by atoms with van der Waals surface area (Å²) in [5, 5.41) is 13.1. The van der Waals surface area contributed by atoms with Crippen LogP contribution in [0.15, 0.2) is 0 Å². The van der Waals surface area contributed by atoms with Gasteiger partial charge in [-0.1, -0.05) is 13.8 Å². The lowest BCUT2D eigenvalue weighted by Gasteiger charge is -2.39. The third-order valence-corrected chi connectivity index (χ3v) is 4.29. The van der Waals surface area contributed by atoms with E-state index >= 15 is 0 Å². The summed E-state index contributed by atoms with van der Waals surface area (Å²) in [7, 11) is 0. The van der Waals surface area contributed by atoms with Crippen molar-refractivity contribution in [2.24, 2.45) is 17.8 Å². The molecule has 1 aliphatic carbocycles. The van der Waals surface area contributed by atoms with E-state index in [1.165, 1.54) is 19.8 Å². The second kappa shape index (κ2) is 5.85. The van der Waals surface area contributed by atoms with Crippen molar-refractivity contribution in [3.05, 3.63) is 0 Å². The Hall–Kier alpha value is -0.570. The van der Waals surface area contributed by atoms with Gasteiger partial charge in [0.1, 0.15) is 0 Å². The number of aliphatic hydroxyl groups is 1. The van der Waals surface area contributed by atoms with E-state index in [-0.39, 0.29) is 5.91 Å². The molecule has 0 aromatic rings. The quantitative estimate of drug-likeness (QED) is 0.793. The Bertz CT molecular complexity index is 253. The molecule has 17 heavy (non-hydrogen) atoms. The highest BCUT2D eigenvalue weighted by molar-refractivity contribution is 5.72. The molecule has 1 atom stereocenters. The smallest absolute Gasteiger partial charge is 0.216 e. The molecular weight excluding hydrogens is 214 g/mol. The standard InChI is InChI=1S/C14H27NO2/c1-10(2)12-5-7-13(8-6-12)14(4,17)9-15-11(3)16/h10,12-13,17H,5-9H2,1-4H3,(H,15,16). The van der Waals surface area contributed by atoms with Crippen molar-refractivity contribution in [2.45, 2.75) is 59.0 Å². The summed E-state index contributed by atoms with van der Waals surface area (Å²) < 4.78 is 0. The number of hydrogen-bond acceptors (Lipinski definition) is 2. The van der Waals surface area contributed by atoms with Gasteiger partial charge in [-0.05, 0) is 50.4 Å². The first-order chi connectivity index (χ1) is 7.83. The summed E-state index contributed by atoms with van der Waals surface area (Å²) in [6.45, 7) is 8.27. The van der Waals surface area contributed by atoms with Crippen molar-refractivity contribution in [2.75, 3.05) is 6.54 Å². The van der Waals surface area contributed by atoms with E-state index < -0.39 is 5.60 Å². The van der Waals surface area contributed by atoms with E-state index in [1.54, 1.807) is 0 Å². The maximum absolute atomic E-state index is 10.9. The zero-order valence-corrected chi connectivity index (χ0v) is 11.6. The monoisotopic (exact) mass is 241 g/mol. The van der Waals surface area contributed by atoms with Gasteiger partial charge < -0.3 is 10.4 Å². The highest BCUT2D eigenvalue weighted by atomic mass is 16.3. The summed E-state index contributed by atoms with van der Waals surface area (Å²) in [5.74, 6) is 1.81. The first-order valence-corrected chi connectivity index (χ1v) is 6.79. The first-order valence-electron chi connectivity index (χ1n) is 6.79. The lowest BCUT2D eigenvalue weighted by Crippen LogP contribution is -2.46. The normalized spacial score (nSPS) is 28.8. The van der Waals surface area contributed by atoms with Gasteiger partial charge in [-0.15, -0.1) is 0 Å². The van der Waals surface area contributed by atoms with Crippen molar-refractivity contribution in [1.29, 1.82) is 0 Å². The van der Waals surface area contributed by atoms with Crippen LogP contribution in [0.25, 0.3) is 0 Å². The number of rotatable bonds is 4. The second-order valence-corrected chi connectivity index (χ2v) is 6.12. The van der Waals surface area contributed by atoms with E-state index in [0.29, 0.717) is 12.5 Å². The summed E-state index contributed by atoms with van der Waals surface area (Å²) in [6, 6.07) is 0. The van der Waals surface area contributed by atoms with Crippen molar-refractivity contribution in [1.82, 2.24) is 5.32 Å². The molecule has 0 heterocycles. The molecule has 1 rings (SSSR count). The molecule has 3 heteroatoms. The van der Waals surface area contributed by atoms with Crippen molar-refractivity contribution >= 4 is 5.91 Å². The Kier molecular flexibility index (Phi) is 4.99. The van der Waals surface area contributed by atoms with Gasteiger partial charge in [0.15, 0.2) is 0 Å². The van der Waals surface area contributed by atoms with E-state index in [0.717, 1.165) is 24.7 Å². The van der Waals surface area contributed by atoms with Gasteiger partial charge in [0.2, 0.25) is 5.91 Å². The zero-order chi connectivity index (χ0) is 13.1. The highest BCUT2D eigenvalue weighted by Crippen LogP contribution is 2.38. The number of carbonyl (C=O) groups excluding carboxylic acids is 1.